The maximum Gasteiger partial charge on any atom is 0.170 e. The van der Waals surface area contributed by atoms with E-state index < -0.39 is 0 Å². The van der Waals surface area contributed by atoms with Gasteiger partial charge in [-0.05, 0) is 31.2 Å². The number of aldehydes is 1. The Hall–Kier alpha value is -2.17. The van der Waals surface area contributed by atoms with E-state index in [9.17, 15) is 4.79 Å². The van der Waals surface area contributed by atoms with Gasteiger partial charge in [0.25, 0.3) is 0 Å². The second-order valence-corrected chi connectivity index (χ2v) is 3.70. The van der Waals surface area contributed by atoms with E-state index >= 15 is 0 Å². The minimum Gasteiger partial charge on any atom is -0.486 e. The van der Waals surface area contributed by atoms with Crippen molar-refractivity contribution in [1.29, 1.82) is 0 Å². The molecule has 0 radical (unpaired) electrons. The normalized spacial score (nSPS) is 10.2. The molecule has 5 nitrogen and oxygen atoms in total. The smallest absolute Gasteiger partial charge is 0.170 e. The monoisotopic (exact) mass is 231 g/mol. The van der Waals surface area contributed by atoms with E-state index in [0.29, 0.717) is 17.9 Å². The van der Waals surface area contributed by atoms with Crippen LogP contribution in [0.2, 0.25) is 0 Å². The molecule has 1 heterocycles. The quantitative estimate of drug-likeness (QED) is 0.748. The lowest BCUT2D eigenvalue weighted by molar-refractivity contribution is 0.112. The van der Waals surface area contributed by atoms with E-state index in [1.807, 2.05) is 18.5 Å². The molecule has 0 spiro atoms. The van der Waals surface area contributed by atoms with Crippen LogP contribution in [0.15, 0.2) is 24.3 Å². The summed E-state index contributed by atoms with van der Waals surface area (Å²) in [7, 11) is 1.89. The Morgan fingerprint density at radius 3 is 2.53 bits per heavy atom. The summed E-state index contributed by atoms with van der Waals surface area (Å²) in [5.74, 6) is 2.32. The maximum atomic E-state index is 10.5. The zero-order valence-corrected chi connectivity index (χ0v) is 9.75. The first-order valence-corrected chi connectivity index (χ1v) is 5.23. The van der Waals surface area contributed by atoms with Gasteiger partial charge in [0.15, 0.2) is 5.82 Å². The van der Waals surface area contributed by atoms with Gasteiger partial charge in [0.2, 0.25) is 0 Å². The summed E-state index contributed by atoms with van der Waals surface area (Å²) in [6.07, 6.45) is 0.801. The Bertz CT molecular complexity index is 517. The molecule has 5 heteroatoms. The lowest BCUT2D eigenvalue weighted by atomic mass is 10.2. The van der Waals surface area contributed by atoms with Gasteiger partial charge < -0.3 is 9.30 Å². The third kappa shape index (κ3) is 2.50. The van der Waals surface area contributed by atoms with E-state index in [-0.39, 0.29) is 0 Å². The molecule has 88 valence electrons. The van der Waals surface area contributed by atoms with Gasteiger partial charge >= 0.3 is 0 Å². The SMILES string of the molecule is Cc1nnc(COc2ccc(C=O)cc2)n1C. The fraction of sp³-hybridized carbons (Fsp3) is 0.250. The van der Waals surface area contributed by atoms with Crippen LogP contribution in [0.4, 0.5) is 0 Å². The third-order valence-corrected chi connectivity index (χ3v) is 2.57. The second kappa shape index (κ2) is 4.78. The van der Waals surface area contributed by atoms with E-state index in [1.165, 1.54) is 0 Å². The highest BCUT2D eigenvalue weighted by atomic mass is 16.5. The predicted molar refractivity (Wildman–Crippen MR) is 61.9 cm³/mol. The number of benzene rings is 1. The van der Waals surface area contributed by atoms with Crippen LogP contribution in [-0.4, -0.2) is 21.1 Å². The summed E-state index contributed by atoms with van der Waals surface area (Å²) in [6, 6.07) is 6.94. The number of nitrogens with zero attached hydrogens (tertiary/aromatic N) is 3. The number of carbonyl (C=O) groups excluding carboxylic acids is 1. The molecule has 0 N–H and O–H groups in total. The van der Waals surface area contributed by atoms with Gasteiger partial charge in [-0.25, -0.2) is 0 Å². The lowest BCUT2D eigenvalue weighted by Gasteiger charge is -2.05. The Balaban J connectivity index is 2.02. The van der Waals surface area contributed by atoms with Crippen LogP contribution in [-0.2, 0) is 13.7 Å². The number of rotatable bonds is 4. The van der Waals surface area contributed by atoms with Crippen LogP contribution in [0.5, 0.6) is 5.75 Å². The van der Waals surface area contributed by atoms with Gasteiger partial charge in [-0.2, -0.15) is 0 Å². The highest BCUT2D eigenvalue weighted by molar-refractivity contribution is 5.74. The summed E-state index contributed by atoms with van der Waals surface area (Å²) < 4.78 is 7.42. The van der Waals surface area contributed by atoms with Crippen LogP contribution in [0.3, 0.4) is 0 Å². The Morgan fingerprint density at radius 1 is 1.29 bits per heavy atom. The molecule has 0 saturated heterocycles. The molecule has 0 bridgehead atoms. The van der Waals surface area contributed by atoms with E-state index in [2.05, 4.69) is 10.2 Å². The number of aryl methyl sites for hydroxylation is 1. The van der Waals surface area contributed by atoms with Crippen molar-refractivity contribution in [2.45, 2.75) is 13.5 Å². The molecule has 0 saturated carbocycles. The summed E-state index contributed by atoms with van der Waals surface area (Å²) in [5.41, 5.74) is 0.631. The van der Waals surface area contributed by atoms with Gasteiger partial charge in [0.05, 0.1) is 0 Å². The fourth-order valence-electron chi connectivity index (χ4n) is 1.37. The molecule has 0 fully saturated rings. The Kier molecular flexibility index (Phi) is 3.18. The Labute approximate surface area is 99.1 Å². The molecule has 1 aromatic heterocycles. The lowest BCUT2D eigenvalue weighted by Crippen LogP contribution is -2.04. The van der Waals surface area contributed by atoms with Crippen LogP contribution in [0, 0.1) is 6.92 Å². The fourth-order valence-corrected chi connectivity index (χ4v) is 1.37. The standard InChI is InChI=1S/C12H13N3O2/c1-9-13-14-12(15(9)2)8-17-11-5-3-10(7-16)4-6-11/h3-7H,8H2,1-2H3. The molecule has 0 aliphatic heterocycles. The largest absolute Gasteiger partial charge is 0.486 e. The van der Waals surface area contributed by atoms with Crippen LogP contribution >= 0.6 is 0 Å². The Morgan fingerprint density at radius 2 is 2.00 bits per heavy atom. The summed E-state index contributed by atoms with van der Waals surface area (Å²) in [5, 5.41) is 7.94. The highest BCUT2D eigenvalue weighted by Gasteiger charge is 2.05. The van der Waals surface area contributed by atoms with Crippen molar-refractivity contribution in [3.05, 3.63) is 41.5 Å². The average molecular weight is 231 g/mol. The highest BCUT2D eigenvalue weighted by Crippen LogP contribution is 2.12. The van der Waals surface area contributed by atoms with Crippen molar-refractivity contribution < 1.29 is 9.53 Å². The van der Waals surface area contributed by atoms with Crippen molar-refractivity contribution in [1.82, 2.24) is 14.8 Å². The van der Waals surface area contributed by atoms with Crippen molar-refractivity contribution in [2.75, 3.05) is 0 Å². The van der Waals surface area contributed by atoms with Gasteiger partial charge in [0.1, 0.15) is 24.5 Å². The predicted octanol–water partition coefficient (Wildman–Crippen LogP) is 1.52. The van der Waals surface area contributed by atoms with Crippen LogP contribution in [0.1, 0.15) is 22.0 Å². The van der Waals surface area contributed by atoms with Crippen molar-refractivity contribution >= 4 is 6.29 Å². The topological polar surface area (TPSA) is 57.0 Å². The number of carbonyl (C=O) groups is 1. The zero-order chi connectivity index (χ0) is 12.3. The van der Waals surface area contributed by atoms with Gasteiger partial charge in [-0.15, -0.1) is 10.2 Å². The molecular weight excluding hydrogens is 218 g/mol. The minimum atomic E-state index is 0.359. The molecule has 0 atom stereocenters. The van der Waals surface area contributed by atoms with E-state index in [0.717, 1.165) is 17.9 Å². The molecule has 1 aromatic carbocycles. The number of ether oxygens (including phenoxy) is 1. The first kappa shape index (κ1) is 11.3. The van der Waals surface area contributed by atoms with Gasteiger partial charge in [0, 0.05) is 12.6 Å². The minimum absolute atomic E-state index is 0.359. The second-order valence-electron chi connectivity index (χ2n) is 3.70. The molecule has 2 rings (SSSR count). The number of hydrogen-bond acceptors (Lipinski definition) is 4. The molecule has 2 aromatic rings. The summed E-state index contributed by atoms with van der Waals surface area (Å²) in [6.45, 7) is 2.24. The first-order chi connectivity index (χ1) is 8.20. The molecule has 0 amide bonds. The van der Waals surface area contributed by atoms with Crippen molar-refractivity contribution in [3.63, 3.8) is 0 Å². The van der Waals surface area contributed by atoms with Gasteiger partial charge in [-0.3, -0.25) is 4.79 Å². The first-order valence-electron chi connectivity index (χ1n) is 5.23. The molecular formula is C12H13N3O2. The van der Waals surface area contributed by atoms with Crippen LogP contribution < -0.4 is 4.74 Å². The molecule has 0 aliphatic carbocycles. The molecule has 0 aliphatic rings. The third-order valence-electron chi connectivity index (χ3n) is 2.57. The number of hydrogen-bond donors (Lipinski definition) is 0. The zero-order valence-electron chi connectivity index (χ0n) is 9.75. The van der Waals surface area contributed by atoms with E-state index in [4.69, 9.17) is 4.74 Å². The van der Waals surface area contributed by atoms with Crippen molar-refractivity contribution in [3.8, 4) is 5.75 Å². The van der Waals surface area contributed by atoms with Gasteiger partial charge in [-0.1, -0.05) is 0 Å². The summed E-state index contributed by atoms with van der Waals surface area (Å²) >= 11 is 0. The summed E-state index contributed by atoms with van der Waals surface area (Å²) in [4.78, 5) is 10.5. The molecule has 0 unspecified atom stereocenters. The van der Waals surface area contributed by atoms with E-state index in [1.54, 1.807) is 24.3 Å². The van der Waals surface area contributed by atoms with Crippen LogP contribution in [0.25, 0.3) is 0 Å². The maximum absolute atomic E-state index is 10.5. The van der Waals surface area contributed by atoms with Crippen molar-refractivity contribution in [2.24, 2.45) is 7.05 Å². The number of aromatic nitrogens is 3. The average Bonchev–Trinajstić information content (AvgIpc) is 2.68. The molecule has 17 heavy (non-hydrogen) atoms.